The summed E-state index contributed by atoms with van der Waals surface area (Å²) < 4.78 is 4.49. The number of hydrogen-bond donors (Lipinski definition) is 0. The summed E-state index contributed by atoms with van der Waals surface area (Å²) in [5, 5.41) is -0.499. The van der Waals surface area contributed by atoms with Crippen LogP contribution in [0.1, 0.15) is 0 Å². The fourth-order valence-corrected chi connectivity index (χ4v) is 10.8. The van der Waals surface area contributed by atoms with Gasteiger partial charge in [0.05, 0.1) is 22.5 Å². The molecule has 1 heterocycles. The van der Waals surface area contributed by atoms with Crippen molar-refractivity contribution in [1.29, 1.82) is 0 Å². The fourth-order valence-electron chi connectivity index (χ4n) is 6.79. The van der Waals surface area contributed by atoms with Gasteiger partial charge in [0.15, 0.2) is 4.33 Å². The minimum Gasteiger partial charge on any atom is -0.369 e. The zero-order valence-electron chi connectivity index (χ0n) is 9.29. The predicted molar refractivity (Wildman–Crippen MR) is 75.9 cm³/mol. The molecule has 1 saturated heterocycles. The smallest absolute Gasteiger partial charge is 0.160 e. The largest absolute Gasteiger partial charge is 0.369 e. The van der Waals surface area contributed by atoms with Crippen molar-refractivity contribution in [3.63, 3.8) is 0 Å². The predicted octanol–water partition coefficient (Wildman–Crippen LogP) is 3.62. The number of halogens is 6. The van der Waals surface area contributed by atoms with Crippen LogP contribution in [0.2, 0.25) is 0 Å². The van der Waals surface area contributed by atoms with E-state index in [0.717, 1.165) is 0 Å². The van der Waals surface area contributed by atoms with Gasteiger partial charge in [-0.05, 0) is 29.6 Å². The molecule has 1 aliphatic heterocycles. The fraction of sp³-hybridized carbons (Fsp3) is 1.00. The van der Waals surface area contributed by atoms with E-state index in [9.17, 15) is 0 Å². The zero-order valence-corrected chi connectivity index (χ0v) is 13.8. The molecule has 5 saturated carbocycles. The maximum Gasteiger partial charge on any atom is 0.160 e. The Morgan fingerprint density at radius 3 is 1.95 bits per heavy atom. The first-order valence-electron chi connectivity index (χ1n) is 6.49. The molecule has 3 unspecified atom stereocenters. The molecule has 0 amide bonds. The molecule has 0 aromatic carbocycles. The average Bonchev–Trinajstić information content (AvgIpc) is 2.89. The Balaban J connectivity index is 1.75. The van der Waals surface area contributed by atoms with Crippen LogP contribution in [0.4, 0.5) is 0 Å². The van der Waals surface area contributed by atoms with E-state index in [-0.39, 0.29) is 30.0 Å². The molecule has 1 nitrogen and oxygen atoms in total. The topological polar surface area (TPSA) is 12.5 Å². The lowest BCUT2D eigenvalue weighted by Crippen LogP contribution is -2.64. The maximum absolute atomic E-state index is 6.99. The highest BCUT2D eigenvalue weighted by Gasteiger charge is 3.04. The number of hydrogen-bond acceptors (Lipinski definition) is 1. The number of epoxide rings is 1. The summed E-state index contributed by atoms with van der Waals surface area (Å²) in [5.41, 5.74) is 0. The molecule has 0 N–H and O–H groups in total. The van der Waals surface area contributed by atoms with Crippen molar-refractivity contribution in [3.8, 4) is 0 Å². The Hall–Kier alpha value is 1.70. The molecule has 0 aromatic rings. The van der Waals surface area contributed by atoms with Gasteiger partial charge >= 0.3 is 0 Å². The first kappa shape index (κ1) is 12.2. The van der Waals surface area contributed by atoms with Crippen molar-refractivity contribution in [1.82, 2.24) is 0 Å². The number of alkyl halides is 6. The van der Waals surface area contributed by atoms with E-state index in [2.05, 4.69) is 0 Å². The molecule has 7 heteroatoms. The van der Waals surface area contributed by atoms with Gasteiger partial charge in [0.25, 0.3) is 0 Å². The van der Waals surface area contributed by atoms with Crippen LogP contribution in [-0.4, -0.2) is 36.5 Å². The van der Waals surface area contributed by atoms with Crippen molar-refractivity contribution >= 4 is 69.6 Å². The van der Waals surface area contributed by atoms with Crippen molar-refractivity contribution in [2.24, 2.45) is 29.6 Å². The quantitative estimate of drug-likeness (QED) is 0.462. The summed E-state index contributed by atoms with van der Waals surface area (Å²) >= 11 is 40.8. The standard InChI is InChI=1S/C12H8Cl6O/c13-8-9(14)3-1-4-5(2(3)7-6(1)19-7)11(9,16)12(17,18)10(4,8)15/h1-8H/t1?,2-,3+,4?,5+,6+,7-,8+,9+,10?,11+/m1/s1. The van der Waals surface area contributed by atoms with Crippen LogP contribution in [0.5, 0.6) is 0 Å². The van der Waals surface area contributed by atoms with Gasteiger partial charge in [-0.15, -0.1) is 46.4 Å². The first-order valence-corrected chi connectivity index (χ1v) is 8.82. The van der Waals surface area contributed by atoms with Crippen LogP contribution >= 0.6 is 69.6 Å². The molecule has 0 spiro atoms. The molecule has 0 radical (unpaired) electrons. The van der Waals surface area contributed by atoms with Crippen LogP contribution in [-0.2, 0) is 4.74 Å². The van der Waals surface area contributed by atoms with E-state index < -0.39 is 24.3 Å². The summed E-state index contributed by atoms with van der Waals surface area (Å²) in [6.45, 7) is 0. The minimum atomic E-state index is -1.29. The monoisotopic (exact) mass is 378 g/mol. The van der Waals surface area contributed by atoms with Gasteiger partial charge in [0, 0.05) is 0 Å². The molecule has 11 atom stereocenters. The SMILES string of the molecule is Cl[C@@H]1C2(Cl)C3C4[C@@H]5O[C@@H]5[C@H]5[C@@H]3[C@@](Cl)(C2(Cl)Cl)[C@]1(Cl)[C@@H]45. The van der Waals surface area contributed by atoms with E-state index >= 15 is 0 Å². The van der Waals surface area contributed by atoms with Gasteiger partial charge in [-0.2, -0.15) is 0 Å². The highest BCUT2D eigenvalue weighted by atomic mass is 35.5. The Morgan fingerprint density at radius 1 is 0.737 bits per heavy atom. The average molecular weight is 381 g/mol. The lowest BCUT2D eigenvalue weighted by Gasteiger charge is -2.53. The van der Waals surface area contributed by atoms with Gasteiger partial charge < -0.3 is 4.74 Å². The lowest BCUT2D eigenvalue weighted by molar-refractivity contribution is 0.0874. The summed E-state index contributed by atoms with van der Waals surface area (Å²) in [7, 11) is 0. The summed E-state index contributed by atoms with van der Waals surface area (Å²) in [4.78, 5) is -2.70. The molecular weight excluding hydrogens is 373 g/mol. The Morgan fingerprint density at radius 2 is 1.32 bits per heavy atom. The van der Waals surface area contributed by atoms with E-state index in [0.29, 0.717) is 11.8 Å². The maximum atomic E-state index is 6.99. The normalized spacial score (nSPS) is 83.1. The highest BCUT2D eigenvalue weighted by Crippen LogP contribution is 2.94. The van der Waals surface area contributed by atoms with E-state index in [4.69, 9.17) is 74.3 Å². The second-order valence-corrected chi connectivity index (χ2v) is 10.6. The number of rotatable bonds is 0. The lowest BCUT2D eigenvalue weighted by atomic mass is 9.62. The van der Waals surface area contributed by atoms with Crippen molar-refractivity contribution in [2.45, 2.75) is 36.5 Å². The highest BCUT2D eigenvalue weighted by molar-refractivity contribution is 6.63. The van der Waals surface area contributed by atoms with Gasteiger partial charge in [-0.1, -0.05) is 23.2 Å². The molecule has 0 aromatic heterocycles. The van der Waals surface area contributed by atoms with E-state index in [1.807, 2.05) is 0 Å². The van der Waals surface area contributed by atoms with Crippen molar-refractivity contribution in [2.75, 3.05) is 0 Å². The number of fused-ring (bicyclic) bond motifs is 5. The molecule has 6 fully saturated rings. The molecule has 5 aliphatic carbocycles. The van der Waals surface area contributed by atoms with Gasteiger partial charge in [0.2, 0.25) is 0 Å². The molecule has 19 heavy (non-hydrogen) atoms. The van der Waals surface area contributed by atoms with Crippen molar-refractivity contribution < 1.29 is 4.74 Å². The second kappa shape index (κ2) is 2.68. The molecule has 6 rings (SSSR count). The van der Waals surface area contributed by atoms with Crippen LogP contribution in [0.3, 0.4) is 0 Å². The first-order chi connectivity index (χ1) is 8.75. The third kappa shape index (κ3) is 0.718. The van der Waals surface area contributed by atoms with Crippen LogP contribution in [0.25, 0.3) is 0 Å². The van der Waals surface area contributed by atoms with Crippen molar-refractivity contribution in [3.05, 3.63) is 0 Å². The summed E-state index contributed by atoms with van der Waals surface area (Å²) in [6, 6.07) is 0. The van der Waals surface area contributed by atoms with Crippen LogP contribution in [0, 0.1) is 29.6 Å². The van der Waals surface area contributed by atoms with Gasteiger partial charge in [-0.3, -0.25) is 0 Å². The summed E-state index contributed by atoms with van der Waals surface area (Å²) in [6.07, 6.45) is 0.556. The Labute approximate surface area is 140 Å². The van der Waals surface area contributed by atoms with Crippen LogP contribution < -0.4 is 0 Å². The second-order valence-electron chi connectivity index (χ2n) is 6.98. The van der Waals surface area contributed by atoms with Crippen LogP contribution in [0.15, 0.2) is 0 Å². The van der Waals surface area contributed by atoms with Gasteiger partial charge in [0.1, 0.15) is 9.75 Å². The molecule has 104 valence electrons. The van der Waals surface area contributed by atoms with E-state index in [1.165, 1.54) is 0 Å². The Kier molecular flexibility index (Phi) is 1.72. The number of ether oxygens (including phenoxy) is 1. The van der Waals surface area contributed by atoms with E-state index in [1.54, 1.807) is 0 Å². The molecule has 6 bridgehead atoms. The third-order valence-corrected chi connectivity index (χ3v) is 12.0. The Bertz CT molecular complexity index is 552. The van der Waals surface area contributed by atoms with Gasteiger partial charge in [-0.25, -0.2) is 0 Å². The summed E-state index contributed by atoms with van der Waals surface area (Å²) in [5.74, 6) is 1.17. The minimum absolute atomic E-state index is 0.128. The zero-order chi connectivity index (χ0) is 13.3. The molecule has 6 aliphatic rings. The molecular formula is C12H8Cl6O. The third-order valence-electron chi connectivity index (χ3n) is 7.03.